The van der Waals surface area contributed by atoms with Crippen molar-refractivity contribution in [3.63, 3.8) is 0 Å². The fourth-order valence-electron chi connectivity index (χ4n) is 2.63. The van der Waals surface area contributed by atoms with Gasteiger partial charge in [-0.15, -0.1) is 0 Å². The number of halogens is 1. The van der Waals surface area contributed by atoms with Gasteiger partial charge in [0.05, 0.1) is 15.7 Å². The van der Waals surface area contributed by atoms with Crippen LogP contribution in [0.1, 0.15) is 42.3 Å². The van der Waals surface area contributed by atoms with Crippen LogP contribution in [0.4, 0.5) is 0 Å². The predicted molar refractivity (Wildman–Crippen MR) is 87.1 cm³/mol. The number of sulfonamides is 1. The molecule has 26 heavy (non-hydrogen) atoms. The van der Waals surface area contributed by atoms with E-state index in [0.29, 0.717) is 12.5 Å². The minimum Gasteiger partial charge on any atom is -0.357 e. The molecule has 1 aromatic heterocycles. The first-order valence-corrected chi connectivity index (χ1v) is 10.2. The van der Waals surface area contributed by atoms with Crippen LogP contribution < -0.4 is 23.7 Å². The number of primary sulfonamides is 1. The molecule has 0 amide bonds. The standard InChI is InChI=1S/C17H23N2O2S.ClO3/c1-12(2)17-10-13(3)9-14(4)19(17)11-15-5-7-16(8-6-15)22(18,20)21;2-1(3)4/h5-10,12H,11H2,1-4H3,(H2,18,20,21);/q+1;-1. The van der Waals surface area contributed by atoms with E-state index in [-0.39, 0.29) is 4.90 Å². The number of aromatic nitrogens is 1. The number of hydrogen-bond acceptors (Lipinski definition) is 5. The number of nitrogens with zero attached hydrogens (tertiary/aromatic N) is 1. The SMILES string of the molecule is Cc1cc(C)[n+](Cc2ccc(S(N)(=O)=O)cc2)c(C(C)C)c1.[O-][Cl+2]([O-])[O-]. The van der Waals surface area contributed by atoms with Crippen molar-refractivity contribution in [3.05, 3.63) is 58.9 Å². The second-order valence-electron chi connectivity index (χ2n) is 6.22. The Morgan fingerprint density at radius 3 is 2.00 bits per heavy atom. The Kier molecular flexibility index (Phi) is 8.14. The minimum absolute atomic E-state index is 0.144. The van der Waals surface area contributed by atoms with Gasteiger partial charge in [-0.3, -0.25) is 0 Å². The first-order valence-electron chi connectivity index (χ1n) is 7.77. The van der Waals surface area contributed by atoms with E-state index in [1.807, 2.05) is 12.1 Å². The molecule has 2 rings (SSSR count). The zero-order chi connectivity index (χ0) is 20.1. The van der Waals surface area contributed by atoms with Crippen molar-refractivity contribution in [1.82, 2.24) is 0 Å². The minimum atomic E-state index is -3.63. The second kappa shape index (κ2) is 9.40. The quantitative estimate of drug-likeness (QED) is 0.644. The molecule has 0 fully saturated rings. The molecule has 0 saturated carbocycles. The first-order chi connectivity index (χ1) is 11.9. The van der Waals surface area contributed by atoms with Crippen molar-refractivity contribution in [2.45, 2.75) is 45.1 Å². The van der Waals surface area contributed by atoms with E-state index in [1.54, 1.807) is 12.1 Å². The highest BCUT2D eigenvalue weighted by Gasteiger charge is 2.19. The predicted octanol–water partition coefficient (Wildman–Crippen LogP) is -1.16. The lowest BCUT2D eigenvalue weighted by Crippen LogP contribution is -2.42. The molecule has 0 aliphatic carbocycles. The fourth-order valence-corrected chi connectivity index (χ4v) is 3.14. The van der Waals surface area contributed by atoms with E-state index in [1.165, 1.54) is 17.0 Å². The molecule has 0 atom stereocenters. The van der Waals surface area contributed by atoms with Crippen molar-refractivity contribution >= 4 is 10.0 Å². The molecule has 0 saturated heterocycles. The van der Waals surface area contributed by atoms with Gasteiger partial charge in [-0.1, -0.05) is 26.0 Å². The van der Waals surface area contributed by atoms with Crippen LogP contribution in [0.25, 0.3) is 0 Å². The number of rotatable bonds is 4. The Bertz CT molecular complexity index is 834. The van der Waals surface area contributed by atoms with Crippen LogP contribution in [0.2, 0.25) is 0 Å². The van der Waals surface area contributed by atoms with Crippen molar-refractivity contribution in [2.24, 2.45) is 5.14 Å². The zero-order valence-corrected chi connectivity index (χ0v) is 16.7. The second-order valence-corrected chi connectivity index (χ2v) is 8.16. The topological polar surface area (TPSA) is 133 Å². The van der Waals surface area contributed by atoms with Crippen LogP contribution in [0, 0.1) is 24.6 Å². The van der Waals surface area contributed by atoms with E-state index < -0.39 is 20.8 Å². The summed E-state index contributed by atoms with van der Waals surface area (Å²) in [6.07, 6.45) is 0. The van der Waals surface area contributed by atoms with Gasteiger partial charge in [0.2, 0.25) is 10.0 Å². The van der Waals surface area contributed by atoms with Gasteiger partial charge in [-0.05, 0) is 24.6 Å². The summed E-state index contributed by atoms with van der Waals surface area (Å²) in [6.45, 7) is 9.26. The van der Waals surface area contributed by atoms with Gasteiger partial charge in [-0.25, -0.2) is 13.6 Å². The summed E-state index contributed by atoms with van der Waals surface area (Å²) in [7, 11) is -6.49. The number of nitrogens with two attached hydrogens (primary N) is 1. The van der Waals surface area contributed by atoms with Crippen LogP contribution in [0.5, 0.6) is 0 Å². The molecule has 1 heterocycles. The third kappa shape index (κ3) is 6.99. The number of pyridine rings is 1. The molecule has 0 unspecified atom stereocenters. The van der Waals surface area contributed by atoms with Gasteiger partial charge in [0.1, 0.15) is 0 Å². The van der Waals surface area contributed by atoms with Crippen LogP contribution in [0.15, 0.2) is 41.3 Å². The molecular formula is C17H23ClN2O5S. The Balaban J connectivity index is 0.000000765. The molecule has 2 aromatic rings. The first kappa shape index (κ1) is 22.5. The van der Waals surface area contributed by atoms with Crippen molar-refractivity contribution < 1.29 is 37.7 Å². The lowest BCUT2D eigenvalue weighted by atomic mass is 10.0. The molecule has 0 bridgehead atoms. The lowest BCUT2D eigenvalue weighted by Gasteiger charge is -2.11. The van der Waals surface area contributed by atoms with E-state index >= 15 is 0 Å². The highest BCUT2D eigenvalue weighted by molar-refractivity contribution is 7.89. The summed E-state index contributed by atoms with van der Waals surface area (Å²) in [5.74, 6) is 0.419. The fraction of sp³-hybridized carbons (Fsp3) is 0.353. The Hall–Kier alpha value is -1.55. The van der Waals surface area contributed by atoms with Gasteiger partial charge in [-0.2, -0.15) is 4.57 Å². The van der Waals surface area contributed by atoms with Gasteiger partial charge < -0.3 is 14.0 Å². The summed E-state index contributed by atoms with van der Waals surface area (Å²) < 4.78 is 50.1. The molecule has 144 valence electrons. The van der Waals surface area contributed by atoms with E-state index in [4.69, 9.17) is 19.1 Å². The highest BCUT2D eigenvalue weighted by atomic mass is 35.6. The monoisotopic (exact) mass is 402 g/mol. The average molecular weight is 403 g/mol. The molecule has 7 nitrogen and oxygen atoms in total. The summed E-state index contributed by atoms with van der Waals surface area (Å²) in [5.41, 5.74) is 4.76. The Morgan fingerprint density at radius 2 is 1.58 bits per heavy atom. The third-order valence-electron chi connectivity index (χ3n) is 3.73. The zero-order valence-electron chi connectivity index (χ0n) is 15.1. The largest absolute Gasteiger partial charge is 0.357 e. The van der Waals surface area contributed by atoms with Gasteiger partial charge >= 0.3 is 0 Å². The lowest BCUT2D eigenvalue weighted by molar-refractivity contribution is -1.73. The molecule has 0 spiro atoms. The van der Waals surface area contributed by atoms with Crippen molar-refractivity contribution in [3.8, 4) is 0 Å². The van der Waals surface area contributed by atoms with Gasteiger partial charge in [0.25, 0.3) is 0 Å². The van der Waals surface area contributed by atoms with Crippen LogP contribution in [-0.4, -0.2) is 8.42 Å². The van der Waals surface area contributed by atoms with Crippen LogP contribution in [-0.2, 0) is 16.6 Å². The molecule has 0 radical (unpaired) electrons. The summed E-state index contributed by atoms with van der Waals surface area (Å²) in [6, 6.07) is 11.1. The smallest absolute Gasteiger partial charge is 0.238 e. The average Bonchev–Trinajstić information content (AvgIpc) is 2.48. The molecule has 9 heteroatoms. The van der Waals surface area contributed by atoms with Crippen molar-refractivity contribution in [1.29, 1.82) is 0 Å². The number of benzene rings is 1. The van der Waals surface area contributed by atoms with E-state index in [9.17, 15) is 8.42 Å². The maximum absolute atomic E-state index is 11.3. The molecule has 0 aliphatic heterocycles. The maximum atomic E-state index is 11.3. The molecule has 2 N–H and O–H groups in total. The maximum Gasteiger partial charge on any atom is 0.238 e. The van der Waals surface area contributed by atoms with E-state index in [2.05, 4.69) is 44.4 Å². The highest BCUT2D eigenvalue weighted by Crippen LogP contribution is 2.15. The van der Waals surface area contributed by atoms with Crippen LogP contribution >= 0.6 is 0 Å². The van der Waals surface area contributed by atoms with Gasteiger partial charge in [0, 0.05) is 30.5 Å². The normalized spacial score (nSPS) is 11.5. The van der Waals surface area contributed by atoms with Gasteiger partial charge in [0.15, 0.2) is 17.9 Å². The summed E-state index contributed by atoms with van der Waals surface area (Å²) >= 11 is 0. The van der Waals surface area contributed by atoms with E-state index in [0.717, 1.165) is 5.56 Å². The Labute approximate surface area is 157 Å². The Morgan fingerprint density at radius 1 is 1.08 bits per heavy atom. The number of aryl methyl sites for hydroxylation is 2. The van der Waals surface area contributed by atoms with Crippen molar-refractivity contribution in [2.75, 3.05) is 0 Å². The third-order valence-corrected chi connectivity index (χ3v) is 4.66. The number of hydrogen-bond donors (Lipinski definition) is 1. The molecular weight excluding hydrogens is 380 g/mol. The molecule has 0 aliphatic rings. The summed E-state index contributed by atoms with van der Waals surface area (Å²) in [4.78, 5) is 0.144. The summed E-state index contributed by atoms with van der Waals surface area (Å²) in [5, 5.41) is 5.13. The molecule has 1 aromatic carbocycles. The van der Waals surface area contributed by atoms with Crippen LogP contribution in [0.3, 0.4) is 0 Å².